The van der Waals surface area contributed by atoms with Gasteiger partial charge in [0, 0.05) is 18.2 Å². The molecule has 0 atom stereocenters. The number of rotatable bonds is 10. The number of carbonyl (C=O) groups excluding carboxylic acids is 1. The van der Waals surface area contributed by atoms with Gasteiger partial charge in [-0.05, 0) is 38.3 Å². The molecule has 2 aromatic rings. The Hall–Kier alpha value is -3.03. The molecule has 1 heterocycles. The first-order chi connectivity index (χ1) is 13.9. The number of carbonyl (C=O) groups is 1. The van der Waals surface area contributed by atoms with E-state index in [9.17, 15) is 9.59 Å². The zero-order valence-electron chi connectivity index (χ0n) is 17.6. The van der Waals surface area contributed by atoms with Gasteiger partial charge in [0.2, 0.25) is 5.88 Å². The third kappa shape index (κ3) is 5.97. The molecular formula is C21H29N3O5. The molecule has 29 heavy (non-hydrogen) atoms. The van der Waals surface area contributed by atoms with Gasteiger partial charge in [-0.25, -0.2) is 4.98 Å². The normalized spacial score (nSPS) is 10.7. The number of nitrogens with zero attached hydrogens (tertiary/aromatic N) is 1. The molecule has 0 bridgehead atoms. The van der Waals surface area contributed by atoms with Crippen LogP contribution in [0.5, 0.6) is 17.4 Å². The number of nitrogens with one attached hydrogen (secondary N) is 2. The van der Waals surface area contributed by atoms with Crippen LogP contribution in [0.2, 0.25) is 0 Å². The fourth-order valence-corrected chi connectivity index (χ4v) is 2.79. The summed E-state index contributed by atoms with van der Waals surface area (Å²) in [7, 11) is 1.41. The third-order valence-electron chi connectivity index (χ3n) is 4.06. The van der Waals surface area contributed by atoms with Crippen molar-refractivity contribution >= 4 is 5.91 Å². The fraction of sp³-hybridized carbons (Fsp3) is 0.476. The van der Waals surface area contributed by atoms with Crippen molar-refractivity contribution in [2.75, 3.05) is 20.3 Å². The van der Waals surface area contributed by atoms with Gasteiger partial charge in [0.25, 0.3) is 11.5 Å². The smallest absolute Gasteiger partial charge is 0.273 e. The molecule has 1 aromatic carbocycles. The van der Waals surface area contributed by atoms with Gasteiger partial charge in [0.05, 0.1) is 20.3 Å². The first-order valence-electron chi connectivity index (χ1n) is 9.73. The number of H-pyrrole nitrogens is 1. The van der Waals surface area contributed by atoms with Crippen molar-refractivity contribution in [2.24, 2.45) is 5.92 Å². The van der Waals surface area contributed by atoms with Crippen molar-refractivity contribution in [3.63, 3.8) is 0 Å². The highest BCUT2D eigenvalue weighted by Crippen LogP contribution is 2.25. The molecule has 0 aliphatic heterocycles. The van der Waals surface area contributed by atoms with Crippen LogP contribution in [-0.2, 0) is 13.0 Å². The second-order valence-corrected chi connectivity index (χ2v) is 6.81. The highest BCUT2D eigenvalue weighted by Gasteiger charge is 2.19. The number of ether oxygens (including phenoxy) is 3. The minimum atomic E-state index is -0.487. The van der Waals surface area contributed by atoms with E-state index in [1.807, 2.05) is 39.8 Å². The minimum Gasteiger partial charge on any atom is -0.494 e. The summed E-state index contributed by atoms with van der Waals surface area (Å²) in [6.45, 7) is 9.01. The Bertz CT molecular complexity index is 892. The first-order valence-corrected chi connectivity index (χ1v) is 9.73. The van der Waals surface area contributed by atoms with E-state index >= 15 is 0 Å². The molecule has 2 rings (SSSR count). The molecule has 0 radical (unpaired) electrons. The van der Waals surface area contributed by atoms with E-state index in [1.54, 1.807) is 6.07 Å². The van der Waals surface area contributed by atoms with Crippen molar-refractivity contribution < 1.29 is 19.0 Å². The number of methoxy groups -OCH3 is 1. The van der Waals surface area contributed by atoms with Crippen molar-refractivity contribution in [1.82, 2.24) is 15.3 Å². The number of hydrogen-bond donors (Lipinski definition) is 2. The standard InChI is InChI=1S/C21H29N3O5/c1-6-28-15-9-8-14(17(11-15)29-7-2)12-22-20(26)18-21(27-5)23-16(10-13(3)4)19(25)24-18/h8-9,11,13H,6-7,10,12H2,1-5H3,(H,22,26)(H,24,25). The van der Waals surface area contributed by atoms with Gasteiger partial charge in [-0.1, -0.05) is 13.8 Å². The Balaban J connectivity index is 2.20. The topological polar surface area (TPSA) is 103 Å². The van der Waals surface area contributed by atoms with Crippen molar-refractivity contribution in [3.05, 3.63) is 45.5 Å². The molecule has 0 fully saturated rings. The van der Waals surface area contributed by atoms with E-state index in [0.717, 1.165) is 5.56 Å². The molecule has 2 N–H and O–H groups in total. The van der Waals surface area contributed by atoms with Crippen LogP contribution in [-0.4, -0.2) is 36.2 Å². The summed E-state index contributed by atoms with van der Waals surface area (Å²) in [6.07, 6.45) is 0.498. The monoisotopic (exact) mass is 403 g/mol. The van der Waals surface area contributed by atoms with Crippen molar-refractivity contribution in [2.45, 2.75) is 40.7 Å². The van der Waals surface area contributed by atoms with Crippen LogP contribution >= 0.6 is 0 Å². The Morgan fingerprint density at radius 2 is 1.93 bits per heavy atom. The van der Waals surface area contributed by atoms with Crippen LogP contribution in [0.15, 0.2) is 23.0 Å². The molecule has 0 saturated heterocycles. The van der Waals surface area contributed by atoms with E-state index in [2.05, 4.69) is 15.3 Å². The Morgan fingerprint density at radius 3 is 2.55 bits per heavy atom. The van der Waals surface area contributed by atoms with Crippen LogP contribution in [0, 0.1) is 5.92 Å². The summed E-state index contributed by atoms with van der Waals surface area (Å²) in [5.41, 5.74) is 0.738. The lowest BCUT2D eigenvalue weighted by Gasteiger charge is -2.14. The SMILES string of the molecule is CCOc1ccc(CNC(=O)c2[nH]c(=O)c(CC(C)C)nc2OC)c(OCC)c1. The van der Waals surface area contributed by atoms with Gasteiger partial charge in [0.15, 0.2) is 5.69 Å². The maximum atomic E-state index is 12.7. The molecule has 0 aliphatic carbocycles. The number of aromatic nitrogens is 2. The van der Waals surface area contributed by atoms with Crippen LogP contribution in [0.1, 0.15) is 49.4 Å². The molecule has 158 valence electrons. The first kappa shape index (κ1) is 22.3. The zero-order valence-corrected chi connectivity index (χ0v) is 17.6. The molecule has 8 nitrogen and oxygen atoms in total. The van der Waals surface area contributed by atoms with Crippen molar-refractivity contribution in [3.8, 4) is 17.4 Å². The fourth-order valence-electron chi connectivity index (χ4n) is 2.79. The average Bonchev–Trinajstić information content (AvgIpc) is 2.68. The summed E-state index contributed by atoms with van der Waals surface area (Å²) < 4.78 is 16.4. The molecule has 0 unspecified atom stereocenters. The molecule has 0 saturated carbocycles. The van der Waals surface area contributed by atoms with Gasteiger partial charge in [-0.2, -0.15) is 0 Å². The largest absolute Gasteiger partial charge is 0.494 e. The lowest BCUT2D eigenvalue weighted by Crippen LogP contribution is -2.29. The van der Waals surface area contributed by atoms with Gasteiger partial charge in [0.1, 0.15) is 17.2 Å². The maximum Gasteiger partial charge on any atom is 0.273 e. The van der Waals surface area contributed by atoms with Gasteiger partial charge >= 0.3 is 0 Å². The van der Waals surface area contributed by atoms with E-state index in [4.69, 9.17) is 14.2 Å². The quantitative estimate of drug-likeness (QED) is 0.632. The minimum absolute atomic E-state index is 0.00565. The molecule has 0 spiro atoms. The van der Waals surface area contributed by atoms with Gasteiger partial charge < -0.3 is 24.5 Å². The molecular weight excluding hydrogens is 374 g/mol. The molecule has 0 aliphatic rings. The predicted molar refractivity (Wildman–Crippen MR) is 110 cm³/mol. The lowest BCUT2D eigenvalue weighted by atomic mass is 10.1. The lowest BCUT2D eigenvalue weighted by molar-refractivity contribution is 0.0941. The number of amides is 1. The number of hydrogen-bond acceptors (Lipinski definition) is 6. The van der Waals surface area contributed by atoms with E-state index in [0.29, 0.717) is 36.8 Å². The van der Waals surface area contributed by atoms with Gasteiger partial charge in [-0.15, -0.1) is 0 Å². The molecule has 8 heteroatoms. The van der Waals surface area contributed by atoms with Crippen molar-refractivity contribution in [1.29, 1.82) is 0 Å². The predicted octanol–water partition coefficient (Wildman–Crippen LogP) is 2.70. The third-order valence-corrected chi connectivity index (χ3v) is 4.06. The van der Waals surface area contributed by atoms with Crippen LogP contribution in [0.25, 0.3) is 0 Å². The highest BCUT2D eigenvalue weighted by atomic mass is 16.5. The highest BCUT2D eigenvalue weighted by molar-refractivity contribution is 5.94. The second kappa shape index (κ2) is 10.5. The van der Waals surface area contributed by atoms with Crippen LogP contribution < -0.4 is 25.1 Å². The Labute approximate surface area is 170 Å². The number of aromatic amines is 1. The molecule has 1 amide bonds. The Kier molecular flexibility index (Phi) is 8.06. The average molecular weight is 403 g/mol. The summed E-state index contributed by atoms with van der Waals surface area (Å²) in [5, 5.41) is 2.78. The van der Waals surface area contributed by atoms with E-state index < -0.39 is 5.91 Å². The molecule has 1 aromatic heterocycles. The second-order valence-electron chi connectivity index (χ2n) is 6.81. The summed E-state index contributed by atoms with van der Waals surface area (Å²) in [6, 6.07) is 5.44. The summed E-state index contributed by atoms with van der Waals surface area (Å²) in [4.78, 5) is 31.7. The van der Waals surface area contributed by atoms with E-state index in [1.165, 1.54) is 7.11 Å². The van der Waals surface area contributed by atoms with E-state index in [-0.39, 0.29) is 29.6 Å². The van der Waals surface area contributed by atoms with Crippen LogP contribution in [0.4, 0.5) is 0 Å². The Morgan fingerprint density at radius 1 is 1.21 bits per heavy atom. The van der Waals surface area contributed by atoms with Gasteiger partial charge in [-0.3, -0.25) is 9.59 Å². The van der Waals surface area contributed by atoms with Crippen LogP contribution in [0.3, 0.4) is 0 Å². The summed E-state index contributed by atoms with van der Waals surface area (Å²) in [5.74, 6) is 1.18. The zero-order chi connectivity index (χ0) is 21.4. The maximum absolute atomic E-state index is 12.7. The summed E-state index contributed by atoms with van der Waals surface area (Å²) >= 11 is 0. The number of benzene rings is 1.